The van der Waals surface area contributed by atoms with E-state index in [1.807, 2.05) is 0 Å². The second kappa shape index (κ2) is 1.51. The van der Waals surface area contributed by atoms with Crippen molar-refractivity contribution in [3.8, 4) is 0 Å². The third-order valence-corrected chi connectivity index (χ3v) is 1.05. The first kappa shape index (κ1) is 5.15. The SMILES string of the molecule is CC1=C(N)OC(=O)C1. The van der Waals surface area contributed by atoms with Crippen LogP contribution in [-0.2, 0) is 9.53 Å². The van der Waals surface area contributed by atoms with Gasteiger partial charge in [0.2, 0.25) is 0 Å². The molecule has 0 bridgehead atoms. The highest BCUT2D eigenvalue weighted by Crippen LogP contribution is 2.14. The van der Waals surface area contributed by atoms with Crippen LogP contribution in [0.5, 0.6) is 0 Å². The van der Waals surface area contributed by atoms with Gasteiger partial charge in [0.05, 0.1) is 6.42 Å². The van der Waals surface area contributed by atoms with Crippen LogP contribution in [0.1, 0.15) is 13.3 Å². The summed E-state index contributed by atoms with van der Waals surface area (Å²) in [5.74, 6) is 0.0231. The van der Waals surface area contributed by atoms with E-state index in [1.54, 1.807) is 6.92 Å². The van der Waals surface area contributed by atoms with E-state index in [1.165, 1.54) is 0 Å². The predicted octanol–water partition coefficient (Wildman–Crippen LogP) is 0.124. The lowest BCUT2D eigenvalue weighted by Crippen LogP contribution is -2.00. The number of nitrogens with two attached hydrogens (primary N) is 1. The number of hydrogen-bond donors (Lipinski definition) is 1. The number of cyclic esters (lactones) is 1. The molecule has 44 valence electrons. The van der Waals surface area contributed by atoms with Crippen molar-refractivity contribution in [1.82, 2.24) is 0 Å². The first-order valence-corrected chi connectivity index (χ1v) is 2.36. The van der Waals surface area contributed by atoms with Gasteiger partial charge < -0.3 is 10.5 Å². The molecule has 0 spiro atoms. The van der Waals surface area contributed by atoms with E-state index in [2.05, 4.69) is 4.74 Å². The molecule has 0 saturated carbocycles. The number of carbonyl (C=O) groups excluding carboxylic acids is 1. The second-order valence-electron chi connectivity index (χ2n) is 1.80. The van der Waals surface area contributed by atoms with E-state index in [0.717, 1.165) is 5.57 Å². The number of hydrogen-bond acceptors (Lipinski definition) is 3. The molecule has 1 heterocycles. The van der Waals surface area contributed by atoms with Crippen molar-refractivity contribution in [2.75, 3.05) is 0 Å². The van der Waals surface area contributed by atoms with Crippen molar-refractivity contribution in [2.24, 2.45) is 5.73 Å². The van der Waals surface area contributed by atoms with Crippen molar-refractivity contribution in [2.45, 2.75) is 13.3 Å². The summed E-state index contributed by atoms with van der Waals surface area (Å²) in [7, 11) is 0. The Morgan fingerprint density at radius 2 is 2.38 bits per heavy atom. The topological polar surface area (TPSA) is 52.3 Å². The van der Waals surface area contributed by atoms with Gasteiger partial charge in [-0.15, -0.1) is 0 Å². The molecular weight excluding hydrogens is 106 g/mol. The van der Waals surface area contributed by atoms with Gasteiger partial charge in [-0.25, -0.2) is 0 Å². The van der Waals surface area contributed by atoms with Crippen LogP contribution in [0.25, 0.3) is 0 Å². The third kappa shape index (κ3) is 0.665. The molecule has 0 aliphatic carbocycles. The molecule has 0 amide bonds. The van der Waals surface area contributed by atoms with Gasteiger partial charge in [0.1, 0.15) is 0 Å². The number of ether oxygens (including phenoxy) is 1. The fourth-order valence-electron chi connectivity index (χ4n) is 0.549. The average Bonchev–Trinajstić information content (AvgIpc) is 1.85. The summed E-state index contributed by atoms with van der Waals surface area (Å²) in [6.45, 7) is 1.78. The van der Waals surface area contributed by atoms with Gasteiger partial charge in [-0.05, 0) is 12.5 Å². The van der Waals surface area contributed by atoms with Crippen LogP contribution in [0.3, 0.4) is 0 Å². The molecule has 3 heteroatoms. The minimum atomic E-state index is -0.250. The van der Waals surface area contributed by atoms with Crippen molar-refractivity contribution < 1.29 is 9.53 Å². The van der Waals surface area contributed by atoms with Crippen LogP contribution in [0, 0.1) is 0 Å². The van der Waals surface area contributed by atoms with E-state index in [9.17, 15) is 4.79 Å². The van der Waals surface area contributed by atoms with E-state index < -0.39 is 0 Å². The quantitative estimate of drug-likeness (QED) is 0.454. The monoisotopic (exact) mass is 113 g/mol. The van der Waals surface area contributed by atoms with Gasteiger partial charge in [0.25, 0.3) is 0 Å². The molecule has 0 fully saturated rings. The standard InChI is InChI=1S/C5H7NO2/c1-3-2-4(7)8-5(3)6/h2,6H2,1H3. The highest BCUT2D eigenvalue weighted by atomic mass is 16.5. The lowest BCUT2D eigenvalue weighted by atomic mass is 10.3. The molecule has 2 N–H and O–H groups in total. The minimum Gasteiger partial charge on any atom is -0.410 e. The molecule has 0 radical (unpaired) electrons. The van der Waals surface area contributed by atoms with Crippen LogP contribution in [0.4, 0.5) is 0 Å². The largest absolute Gasteiger partial charge is 0.410 e. The minimum absolute atomic E-state index is 0.250. The molecule has 1 rings (SSSR count). The maximum Gasteiger partial charge on any atom is 0.316 e. The van der Waals surface area contributed by atoms with Crippen LogP contribution in [0.2, 0.25) is 0 Å². The Hall–Kier alpha value is -0.990. The van der Waals surface area contributed by atoms with Gasteiger partial charge in [0, 0.05) is 0 Å². The third-order valence-electron chi connectivity index (χ3n) is 1.05. The zero-order chi connectivity index (χ0) is 6.15. The highest BCUT2D eigenvalue weighted by Gasteiger charge is 2.16. The van der Waals surface area contributed by atoms with Crippen molar-refractivity contribution >= 4 is 5.97 Å². The van der Waals surface area contributed by atoms with Gasteiger partial charge in [-0.1, -0.05) is 0 Å². The van der Waals surface area contributed by atoms with Crippen molar-refractivity contribution in [3.63, 3.8) is 0 Å². The van der Waals surface area contributed by atoms with Crippen LogP contribution in [0.15, 0.2) is 11.5 Å². The maximum absolute atomic E-state index is 10.3. The summed E-state index contributed by atoms with van der Waals surface area (Å²) in [6.07, 6.45) is 0.353. The summed E-state index contributed by atoms with van der Waals surface area (Å²) >= 11 is 0. The molecule has 8 heavy (non-hydrogen) atoms. The normalized spacial score (nSPS) is 19.4. The summed E-state index contributed by atoms with van der Waals surface area (Å²) < 4.78 is 4.49. The molecule has 0 atom stereocenters. The van der Waals surface area contributed by atoms with Gasteiger partial charge >= 0.3 is 5.97 Å². The Kier molecular flexibility index (Phi) is 0.970. The Labute approximate surface area is 47.1 Å². The lowest BCUT2D eigenvalue weighted by Gasteiger charge is -1.89. The van der Waals surface area contributed by atoms with E-state index >= 15 is 0 Å². The molecule has 0 aromatic rings. The molecule has 0 aromatic carbocycles. The fourth-order valence-corrected chi connectivity index (χ4v) is 0.549. The van der Waals surface area contributed by atoms with Gasteiger partial charge in [0.15, 0.2) is 5.88 Å². The van der Waals surface area contributed by atoms with E-state index in [0.29, 0.717) is 6.42 Å². The van der Waals surface area contributed by atoms with Crippen LogP contribution in [-0.4, -0.2) is 5.97 Å². The van der Waals surface area contributed by atoms with Crippen LogP contribution >= 0.6 is 0 Å². The molecule has 0 unspecified atom stereocenters. The lowest BCUT2D eigenvalue weighted by molar-refractivity contribution is -0.136. The molecule has 0 aromatic heterocycles. The Morgan fingerprint density at radius 1 is 1.75 bits per heavy atom. The van der Waals surface area contributed by atoms with Crippen molar-refractivity contribution in [1.29, 1.82) is 0 Å². The summed E-state index contributed by atoms with van der Waals surface area (Å²) in [4.78, 5) is 10.3. The van der Waals surface area contributed by atoms with Crippen LogP contribution < -0.4 is 5.73 Å². The first-order valence-electron chi connectivity index (χ1n) is 2.36. The average molecular weight is 113 g/mol. The Balaban J connectivity index is 2.73. The number of carbonyl (C=O) groups is 1. The zero-order valence-corrected chi connectivity index (χ0v) is 4.60. The predicted molar refractivity (Wildman–Crippen MR) is 27.6 cm³/mol. The highest BCUT2D eigenvalue weighted by molar-refractivity contribution is 5.76. The number of rotatable bonds is 0. The molecule has 3 nitrogen and oxygen atoms in total. The number of esters is 1. The first-order chi connectivity index (χ1) is 3.70. The molecule has 1 aliphatic heterocycles. The molecule has 1 aliphatic rings. The second-order valence-corrected chi connectivity index (χ2v) is 1.80. The smallest absolute Gasteiger partial charge is 0.316 e. The molecular formula is C5H7NO2. The van der Waals surface area contributed by atoms with E-state index in [4.69, 9.17) is 5.73 Å². The summed E-state index contributed by atoms with van der Waals surface area (Å²) in [5, 5.41) is 0. The summed E-state index contributed by atoms with van der Waals surface area (Å²) in [6, 6.07) is 0. The van der Waals surface area contributed by atoms with E-state index in [-0.39, 0.29) is 11.9 Å². The van der Waals surface area contributed by atoms with Gasteiger partial charge in [-0.2, -0.15) is 0 Å². The van der Waals surface area contributed by atoms with Crippen molar-refractivity contribution in [3.05, 3.63) is 11.5 Å². The summed E-state index contributed by atoms with van der Waals surface area (Å²) in [5.41, 5.74) is 6.03. The fraction of sp³-hybridized carbons (Fsp3) is 0.400. The maximum atomic E-state index is 10.3. The Bertz CT molecular complexity index is 144. The zero-order valence-electron chi connectivity index (χ0n) is 4.60. The van der Waals surface area contributed by atoms with Gasteiger partial charge in [-0.3, -0.25) is 4.79 Å². The Morgan fingerprint density at radius 3 is 2.50 bits per heavy atom. The molecule has 0 saturated heterocycles.